The van der Waals surface area contributed by atoms with Gasteiger partial charge in [-0.3, -0.25) is 9.69 Å². The molecule has 1 amide bonds. The fourth-order valence-electron chi connectivity index (χ4n) is 3.11. The summed E-state index contributed by atoms with van der Waals surface area (Å²) in [5.41, 5.74) is 0.535. The van der Waals surface area contributed by atoms with E-state index in [-0.39, 0.29) is 11.9 Å². The molecule has 6 heteroatoms. The number of fused-ring (bicyclic) bond motifs is 1. The largest absolute Gasteiger partial charge is 0.468 e. The second-order valence-electron chi connectivity index (χ2n) is 6.56. The van der Waals surface area contributed by atoms with Gasteiger partial charge in [-0.25, -0.2) is 4.98 Å². The van der Waals surface area contributed by atoms with Crippen LogP contribution >= 0.6 is 0 Å². The Labute approximate surface area is 135 Å². The number of aromatic nitrogens is 2. The van der Waals surface area contributed by atoms with Crippen molar-refractivity contribution < 1.29 is 9.21 Å². The standard InChI is InChI=1S/C17H22N4O2/c1-12-16-19-15(17(22)18-9-13-4-5-13)11-21(16)7-6-20(12)10-14-3-2-8-23-14/h2-3,8,11-13H,4-7,9-10H2,1H3,(H,18,22)/t12-/m0/s1. The number of rotatable bonds is 5. The number of hydrogen-bond donors (Lipinski definition) is 1. The van der Waals surface area contributed by atoms with Gasteiger partial charge in [0.15, 0.2) is 0 Å². The minimum atomic E-state index is -0.0522. The van der Waals surface area contributed by atoms with Crippen LogP contribution in [0.25, 0.3) is 0 Å². The Hall–Kier alpha value is -2.08. The van der Waals surface area contributed by atoms with Gasteiger partial charge in [0.25, 0.3) is 5.91 Å². The van der Waals surface area contributed by atoms with Crippen LogP contribution in [-0.2, 0) is 13.1 Å². The van der Waals surface area contributed by atoms with E-state index in [1.54, 1.807) is 6.26 Å². The van der Waals surface area contributed by atoms with E-state index < -0.39 is 0 Å². The van der Waals surface area contributed by atoms with E-state index in [1.165, 1.54) is 12.8 Å². The second-order valence-corrected chi connectivity index (χ2v) is 6.56. The van der Waals surface area contributed by atoms with E-state index in [0.717, 1.165) is 37.8 Å². The van der Waals surface area contributed by atoms with Gasteiger partial charge in [-0.05, 0) is 37.8 Å². The number of furan rings is 1. The summed E-state index contributed by atoms with van der Waals surface area (Å²) in [6.45, 7) is 5.45. The van der Waals surface area contributed by atoms with Crippen LogP contribution in [0.1, 0.15) is 47.9 Å². The molecule has 2 aromatic heterocycles. The molecule has 1 atom stereocenters. The molecule has 1 aliphatic heterocycles. The molecule has 2 aromatic rings. The Bertz CT molecular complexity index is 688. The van der Waals surface area contributed by atoms with Gasteiger partial charge in [-0.2, -0.15) is 0 Å². The van der Waals surface area contributed by atoms with E-state index in [4.69, 9.17) is 4.42 Å². The van der Waals surface area contributed by atoms with E-state index in [2.05, 4.69) is 26.7 Å². The highest BCUT2D eigenvalue weighted by molar-refractivity contribution is 5.92. The van der Waals surface area contributed by atoms with Crippen LogP contribution in [0, 0.1) is 5.92 Å². The van der Waals surface area contributed by atoms with Crippen molar-refractivity contribution in [3.05, 3.63) is 41.9 Å². The monoisotopic (exact) mass is 314 g/mol. The first-order valence-electron chi connectivity index (χ1n) is 8.32. The molecule has 3 heterocycles. The third-order valence-corrected chi connectivity index (χ3v) is 4.78. The summed E-state index contributed by atoms with van der Waals surface area (Å²) in [6, 6.07) is 4.07. The molecule has 1 fully saturated rings. The van der Waals surface area contributed by atoms with Gasteiger partial charge >= 0.3 is 0 Å². The molecule has 0 aromatic carbocycles. The van der Waals surface area contributed by atoms with Crippen LogP contribution in [0.4, 0.5) is 0 Å². The molecule has 0 unspecified atom stereocenters. The van der Waals surface area contributed by atoms with Gasteiger partial charge in [0, 0.05) is 25.8 Å². The van der Waals surface area contributed by atoms with Gasteiger partial charge in [-0.1, -0.05) is 0 Å². The van der Waals surface area contributed by atoms with Crippen LogP contribution < -0.4 is 5.32 Å². The summed E-state index contributed by atoms with van der Waals surface area (Å²) in [5.74, 6) is 2.54. The van der Waals surface area contributed by atoms with Crippen molar-refractivity contribution in [3.63, 3.8) is 0 Å². The first-order chi connectivity index (χ1) is 11.2. The Morgan fingerprint density at radius 2 is 2.30 bits per heavy atom. The van der Waals surface area contributed by atoms with Crippen LogP contribution in [0.5, 0.6) is 0 Å². The molecule has 0 spiro atoms. The molecule has 0 saturated heterocycles. The summed E-state index contributed by atoms with van der Waals surface area (Å²) in [6.07, 6.45) is 6.06. The topological polar surface area (TPSA) is 63.3 Å². The lowest BCUT2D eigenvalue weighted by atomic mass is 10.2. The fraction of sp³-hybridized carbons (Fsp3) is 0.529. The maximum atomic E-state index is 12.2. The van der Waals surface area contributed by atoms with E-state index >= 15 is 0 Å². The zero-order valence-electron chi connectivity index (χ0n) is 13.4. The minimum absolute atomic E-state index is 0.0522. The Morgan fingerprint density at radius 1 is 1.43 bits per heavy atom. The molecule has 0 radical (unpaired) electrons. The molecular weight excluding hydrogens is 292 g/mol. The summed E-state index contributed by atoms with van der Waals surface area (Å²) in [5, 5.41) is 2.99. The fourth-order valence-corrected chi connectivity index (χ4v) is 3.11. The molecule has 1 saturated carbocycles. The predicted octanol–water partition coefficient (Wildman–Crippen LogP) is 2.19. The molecular formula is C17H22N4O2. The summed E-state index contributed by atoms with van der Waals surface area (Å²) >= 11 is 0. The third-order valence-electron chi connectivity index (χ3n) is 4.78. The van der Waals surface area contributed by atoms with Gasteiger partial charge < -0.3 is 14.3 Å². The predicted molar refractivity (Wildman–Crippen MR) is 84.8 cm³/mol. The first-order valence-corrected chi connectivity index (χ1v) is 8.32. The lowest BCUT2D eigenvalue weighted by molar-refractivity contribution is 0.0947. The number of nitrogens with one attached hydrogen (secondary N) is 1. The van der Waals surface area contributed by atoms with Crippen molar-refractivity contribution in [3.8, 4) is 0 Å². The normalized spacial score (nSPS) is 21.2. The number of imidazole rings is 1. The molecule has 0 bridgehead atoms. The Balaban J connectivity index is 1.46. The summed E-state index contributed by atoms with van der Waals surface area (Å²) < 4.78 is 7.55. The van der Waals surface area contributed by atoms with E-state index in [0.29, 0.717) is 11.6 Å². The van der Waals surface area contributed by atoms with Crippen molar-refractivity contribution in [2.24, 2.45) is 5.92 Å². The first kappa shape index (κ1) is 14.5. The molecule has 23 heavy (non-hydrogen) atoms. The van der Waals surface area contributed by atoms with Crippen molar-refractivity contribution in [2.45, 2.75) is 38.9 Å². The molecule has 1 aliphatic carbocycles. The zero-order valence-corrected chi connectivity index (χ0v) is 13.4. The van der Waals surface area contributed by atoms with E-state index in [9.17, 15) is 4.79 Å². The highest BCUT2D eigenvalue weighted by Gasteiger charge is 2.28. The van der Waals surface area contributed by atoms with Crippen molar-refractivity contribution in [1.82, 2.24) is 19.8 Å². The molecule has 4 rings (SSSR count). The third kappa shape index (κ3) is 3.03. The van der Waals surface area contributed by atoms with Crippen molar-refractivity contribution in [2.75, 3.05) is 13.1 Å². The second kappa shape index (κ2) is 5.85. The average Bonchev–Trinajstić information content (AvgIpc) is 3.05. The zero-order chi connectivity index (χ0) is 15.8. The van der Waals surface area contributed by atoms with Crippen LogP contribution in [-0.4, -0.2) is 33.4 Å². The number of hydrogen-bond acceptors (Lipinski definition) is 4. The van der Waals surface area contributed by atoms with Crippen molar-refractivity contribution in [1.29, 1.82) is 0 Å². The van der Waals surface area contributed by atoms with Crippen LogP contribution in [0.2, 0.25) is 0 Å². The van der Waals surface area contributed by atoms with Gasteiger partial charge in [-0.15, -0.1) is 0 Å². The summed E-state index contributed by atoms with van der Waals surface area (Å²) in [4.78, 5) is 19.1. The quantitative estimate of drug-likeness (QED) is 0.919. The average molecular weight is 314 g/mol. The van der Waals surface area contributed by atoms with E-state index in [1.807, 2.05) is 18.3 Å². The Morgan fingerprint density at radius 3 is 3.04 bits per heavy atom. The maximum absolute atomic E-state index is 12.2. The molecule has 6 nitrogen and oxygen atoms in total. The minimum Gasteiger partial charge on any atom is -0.468 e. The molecule has 122 valence electrons. The lowest BCUT2D eigenvalue weighted by Crippen LogP contribution is -2.36. The number of carbonyl (C=O) groups is 1. The smallest absolute Gasteiger partial charge is 0.271 e. The highest BCUT2D eigenvalue weighted by Crippen LogP contribution is 2.28. The Kier molecular flexibility index (Phi) is 3.69. The number of carbonyl (C=O) groups excluding carboxylic acids is 1. The maximum Gasteiger partial charge on any atom is 0.271 e. The van der Waals surface area contributed by atoms with Crippen LogP contribution in [0.3, 0.4) is 0 Å². The summed E-state index contributed by atoms with van der Waals surface area (Å²) in [7, 11) is 0. The van der Waals surface area contributed by atoms with Gasteiger partial charge in [0.1, 0.15) is 17.3 Å². The van der Waals surface area contributed by atoms with Gasteiger partial charge in [0.05, 0.1) is 18.8 Å². The van der Waals surface area contributed by atoms with Crippen LogP contribution in [0.15, 0.2) is 29.0 Å². The highest BCUT2D eigenvalue weighted by atomic mass is 16.3. The SMILES string of the molecule is C[C@H]1c2nc(C(=O)NCC3CC3)cn2CCN1Cc1ccco1. The number of nitrogens with zero attached hydrogens (tertiary/aromatic N) is 3. The number of amides is 1. The molecule has 1 N–H and O–H groups in total. The lowest BCUT2D eigenvalue weighted by Gasteiger charge is -2.32. The van der Waals surface area contributed by atoms with Gasteiger partial charge in [0.2, 0.25) is 0 Å². The molecule has 2 aliphatic rings. The van der Waals surface area contributed by atoms with Crippen molar-refractivity contribution >= 4 is 5.91 Å².